The summed E-state index contributed by atoms with van der Waals surface area (Å²) in [6, 6.07) is 16.9. The summed E-state index contributed by atoms with van der Waals surface area (Å²) >= 11 is 0. The van der Waals surface area contributed by atoms with Gasteiger partial charge in [0.05, 0.1) is 24.1 Å². The molecule has 1 heterocycles. The maximum absolute atomic E-state index is 13.1. The number of nitrogen functional groups attached to an aromatic ring is 1. The van der Waals surface area contributed by atoms with E-state index in [1.165, 1.54) is 0 Å². The van der Waals surface area contributed by atoms with Crippen LogP contribution >= 0.6 is 0 Å². The number of rotatable bonds is 9. The van der Waals surface area contributed by atoms with Gasteiger partial charge in [-0.3, -0.25) is 9.71 Å². The van der Waals surface area contributed by atoms with Crippen molar-refractivity contribution in [2.45, 2.75) is 25.8 Å². The van der Waals surface area contributed by atoms with E-state index in [4.69, 9.17) is 15.9 Å². The molecule has 1 atom stereocenters. The topological polar surface area (TPSA) is 109 Å². The van der Waals surface area contributed by atoms with Gasteiger partial charge in [-0.05, 0) is 79.2 Å². The summed E-state index contributed by atoms with van der Waals surface area (Å²) in [4.78, 5) is 0. The van der Waals surface area contributed by atoms with Gasteiger partial charge < -0.3 is 15.8 Å². The molecule has 0 amide bonds. The maximum Gasteiger partial charge on any atom is 0.235 e. The van der Waals surface area contributed by atoms with Gasteiger partial charge in [0.1, 0.15) is 11.6 Å². The van der Waals surface area contributed by atoms with Crippen molar-refractivity contribution in [1.82, 2.24) is 5.32 Å². The Morgan fingerprint density at radius 1 is 1.15 bits per heavy atom. The van der Waals surface area contributed by atoms with E-state index in [-0.39, 0.29) is 17.6 Å². The summed E-state index contributed by atoms with van der Waals surface area (Å²) in [5.74, 6) is 0.782. The highest BCUT2D eigenvalue weighted by Crippen LogP contribution is 2.44. The van der Waals surface area contributed by atoms with Crippen LogP contribution in [0.1, 0.15) is 36.1 Å². The summed E-state index contributed by atoms with van der Waals surface area (Å²) < 4.78 is 33.7. The monoisotopic (exact) mass is 466 g/mol. The second kappa shape index (κ2) is 9.41. The minimum absolute atomic E-state index is 0.00742. The number of ether oxygens (including phenoxy) is 1. The van der Waals surface area contributed by atoms with E-state index < -0.39 is 10.0 Å². The first-order chi connectivity index (χ1) is 15.8. The molecule has 0 fully saturated rings. The first kappa shape index (κ1) is 23.1. The Hall–Kier alpha value is -3.10. The Labute approximate surface area is 195 Å². The normalized spacial score (nSPS) is 15.6. The van der Waals surface area contributed by atoms with E-state index in [1.807, 2.05) is 61.6 Å². The Balaban J connectivity index is 1.71. The van der Waals surface area contributed by atoms with E-state index in [1.54, 1.807) is 11.2 Å². The lowest BCUT2D eigenvalue weighted by molar-refractivity contribution is 0.309. The van der Waals surface area contributed by atoms with Gasteiger partial charge in [-0.1, -0.05) is 24.3 Å². The molecule has 3 aromatic rings. The highest BCUT2D eigenvalue weighted by atomic mass is 32.2. The zero-order valence-corrected chi connectivity index (χ0v) is 19.8. The van der Waals surface area contributed by atoms with Crippen LogP contribution in [-0.4, -0.2) is 40.2 Å². The van der Waals surface area contributed by atoms with Crippen LogP contribution in [0.4, 0.5) is 5.69 Å². The second-order valence-electron chi connectivity index (χ2n) is 8.25. The second-order valence-corrected chi connectivity index (χ2v) is 10.4. The number of amidine groups is 1. The summed E-state index contributed by atoms with van der Waals surface area (Å²) in [7, 11) is -1.58. The number of nitrogens with two attached hydrogens (primary N) is 1. The Kier molecular flexibility index (Phi) is 6.58. The molecular weight excluding hydrogens is 436 g/mol. The van der Waals surface area contributed by atoms with Crippen molar-refractivity contribution in [3.05, 3.63) is 71.3 Å². The van der Waals surface area contributed by atoms with Gasteiger partial charge in [0, 0.05) is 12.0 Å². The highest BCUT2D eigenvalue weighted by Gasteiger charge is 2.37. The van der Waals surface area contributed by atoms with Crippen LogP contribution in [0.2, 0.25) is 0 Å². The van der Waals surface area contributed by atoms with Crippen LogP contribution in [0.3, 0.4) is 0 Å². The van der Waals surface area contributed by atoms with Crippen molar-refractivity contribution in [2.75, 3.05) is 30.3 Å². The fourth-order valence-electron chi connectivity index (χ4n) is 4.30. The molecule has 1 aliphatic heterocycles. The molecule has 0 saturated carbocycles. The van der Waals surface area contributed by atoms with Crippen LogP contribution in [0.25, 0.3) is 10.8 Å². The summed E-state index contributed by atoms with van der Waals surface area (Å²) in [5.41, 5.74) is 8.89. The molecule has 0 saturated heterocycles. The Morgan fingerprint density at radius 3 is 2.67 bits per heavy atom. The molecule has 3 aromatic carbocycles. The molecule has 174 valence electrons. The van der Waals surface area contributed by atoms with Crippen molar-refractivity contribution in [3.8, 4) is 5.75 Å². The lowest BCUT2D eigenvalue weighted by atomic mass is 9.98. The quantitative estimate of drug-likeness (QED) is 0.254. The fourth-order valence-corrected chi connectivity index (χ4v) is 5.64. The van der Waals surface area contributed by atoms with Crippen molar-refractivity contribution < 1.29 is 13.2 Å². The van der Waals surface area contributed by atoms with Gasteiger partial charge in [0.25, 0.3) is 0 Å². The Morgan fingerprint density at radius 2 is 1.94 bits per heavy atom. The van der Waals surface area contributed by atoms with E-state index in [9.17, 15) is 8.42 Å². The number of fused-ring (bicyclic) bond motifs is 2. The predicted octanol–water partition coefficient (Wildman–Crippen LogP) is 3.57. The predicted molar refractivity (Wildman–Crippen MR) is 134 cm³/mol. The summed E-state index contributed by atoms with van der Waals surface area (Å²) in [6.45, 7) is 3.15. The molecule has 1 aliphatic rings. The van der Waals surface area contributed by atoms with Crippen LogP contribution in [-0.2, 0) is 16.4 Å². The van der Waals surface area contributed by atoms with Gasteiger partial charge in [-0.15, -0.1) is 0 Å². The van der Waals surface area contributed by atoms with Crippen molar-refractivity contribution in [1.29, 1.82) is 5.41 Å². The number of hydrogen-bond acceptors (Lipinski definition) is 5. The van der Waals surface area contributed by atoms with Gasteiger partial charge in [-0.2, -0.15) is 0 Å². The lowest BCUT2D eigenvalue weighted by Crippen LogP contribution is -2.33. The van der Waals surface area contributed by atoms with Crippen LogP contribution in [0.5, 0.6) is 5.75 Å². The number of benzene rings is 3. The molecule has 0 spiro atoms. The molecule has 0 aromatic heterocycles. The van der Waals surface area contributed by atoms with Crippen LogP contribution in [0, 0.1) is 5.41 Å². The SMILES string of the molecule is CCS(=O)(=O)N1c2ccc(OCCCNC)cc2CC1c1ccc2ccc(C(=N)N)cc2c1. The fraction of sp³-hybridized carbons (Fsp3) is 0.320. The van der Waals surface area contributed by atoms with Gasteiger partial charge in [0.2, 0.25) is 10.0 Å². The highest BCUT2D eigenvalue weighted by molar-refractivity contribution is 7.92. The van der Waals surface area contributed by atoms with E-state index in [0.29, 0.717) is 24.3 Å². The average molecular weight is 467 g/mol. The minimum Gasteiger partial charge on any atom is -0.494 e. The molecular formula is C25H30N4O3S. The largest absolute Gasteiger partial charge is 0.494 e. The molecule has 4 rings (SSSR count). The van der Waals surface area contributed by atoms with Gasteiger partial charge in [-0.25, -0.2) is 8.42 Å². The third-order valence-corrected chi connectivity index (χ3v) is 7.83. The maximum atomic E-state index is 13.1. The molecule has 0 aliphatic carbocycles. The number of nitrogens with one attached hydrogen (secondary N) is 2. The molecule has 7 nitrogen and oxygen atoms in total. The van der Waals surface area contributed by atoms with Crippen LogP contribution in [0.15, 0.2) is 54.6 Å². The summed E-state index contributed by atoms with van der Waals surface area (Å²) in [5, 5.41) is 12.8. The zero-order valence-electron chi connectivity index (χ0n) is 19.0. The molecule has 8 heteroatoms. The average Bonchev–Trinajstić information content (AvgIpc) is 3.21. The van der Waals surface area contributed by atoms with Crippen LogP contribution < -0.4 is 20.1 Å². The van der Waals surface area contributed by atoms with Crippen molar-refractivity contribution in [3.63, 3.8) is 0 Å². The smallest absolute Gasteiger partial charge is 0.235 e. The third-order valence-electron chi connectivity index (χ3n) is 6.05. The van der Waals surface area contributed by atoms with E-state index in [0.717, 1.165) is 40.6 Å². The minimum atomic E-state index is -3.49. The first-order valence-corrected chi connectivity index (χ1v) is 12.8. The number of sulfonamides is 1. The lowest BCUT2D eigenvalue weighted by Gasteiger charge is -2.27. The standard InChI is InChI=1S/C25H30N4O3S/c1-3-33(30,31)29-23-10-9-22(32-12-4-11-28-2)15-21(23)16-24(29)18-7-5-17-6-8-19(25(26)27)14-20(17)13-18/h5-10,13-15,24,28H,3-4,11-12,16H2,1-2H3,(H3,26,27). The molecule has 33 heavy (non-hydrogen) atoms. The molecule has 1 unspecified atom stereocenters. The Bertz CT molecular complexity index is 1290. The number of anilines is 1. The van der Waals surface area contributed by atoms with E-state index >= 15 is 0 Å². The summed E-state index contributed by atoms with van der Waals surface area (Å²) in [6.07, 6.45) is 1.46. The first-order valence-electron chi connectivity index (χ1n) is 11.1. The molecule has 4 N–H and O–H groups in total. The van der Waals surface area contributed by atoms with Gasteiger partial charge >= 0.3 is 0 Å². The van der Waals surface area contributed by atoms with Crippen molar-refractivity contribution >= 4 is 32.3 Å². The zero-order chi connectivity index (χ0) is 23.6. The molecule has 0 bridgehead atoms. The number of hydrogen-bond donors (Lipinski definition) is 3. The van der Waals surface area contributed by atoms with Gasteiger partial charge in [0.15, 0.2) is 0 Å². The van der Waals surface area contributed by atoms with Crippen molar-refractivity contribution in [2.24, 2.45) is 5.73 Å². The molecule has 0 radical (unpaired) electrons. The third kappa shape index (κ3) is 4.67. The van der Waals surface area contributed by atoms with E-state index in [2.05, 4.69) is 5.32 Å². The number of nitrogens with zero attached hydrogens (tertiary/aromatic N) is 1.